The number of nitrogens with one attached hydrogen (secondary N) is 3. The van der Waals surface area contributed by atoms with Gasteiger partial charge in [0.1, 0.15) is 12.1 Å². The van der Waals surface area contributed by atoms with Crippen molar-refractivity contribution < 1.29 is 32.6 Å². The minimum atomic E-state index is -4.03. The number of anilines is 2. The largest absolute Gasteiger partial charge is 0.480 e. The lowest BCUT2D eigenvalue weighted by molar-refractivity contribution is -0.137. The lowest BCUT2D eigenvalue weighted by atomic mass is 10.0. The van der Waals surface area contributed by atoms with E-state index in [1.54, 1.807) is 45.0 Å². The summed E-state index contributed by atoms with van der Waals surface area (Å²) in [4.78, 5) is 35.3. The maximum Gasteiger partial charge on any atom is 0.408 e. The van der Waals surface area contributed by atoms with Gasteiger partial charge in [0.05, 0.1) is 22.7 Å². The number of alkyl carbamates (subject to hydrolysis) is 1. The zero-order valence-corrected chi connectivity index (χ0v) is 22.1. The van der Waals surface area contributed by atoms with E-state index in [0.717, 1.165) is 4.31 Å². The van der Waals surface area contributed by atoms with E-state index in [2.05, 4.69) is 27.8 Å². The molecule has 0 spiro atoms. The molecule has 0 radical (unpaired) electrons. The Bertz CT molecular complexity index is 1460. The second-order valence-corrected chi connectivity index (χ2v) is 11.3. The number of ether oxygens (including phenoxy) is 1. The number of rotatable bonds is 7. The zero-order valence-electron chi connectivity index (χ0n) is 21.3. The predicted octanol–water partition coefficient (Wildman–Crippen LogP) is 2.67. The Balaban J connectivity index is 1.81. The van der Waals surface area contributed by atoms with Crippen LogP contribution in [0.5, 0.6) is 0 Å². The Kier molecular flexibility index (Phi) is 8.45. The van der Waals surface area contributed by atoms with Crippen LogP contribution in [-0.4, -0.2) is 61.5 Å². The van der Waals surface area contributed by atoms with Gasteiger partial charge in [0.2, 0.25) is 10.0 Å². The third-order valence-corrected chi connectivity index (χ3v) is 6.85. The van der Waals surface area contributed by atoms with Crippen LogP contribution in [0.2, 0.25) is 0 Å². The van der Waals surface area contributed by atoms with Crippen molar-refractivity contribution in [3.63, 3.8) is 0 Å². The molecule has 1 heterocycles. The first-order chi connectivity index (χ1) is 17.8. The fourth-order valence-electron chi connectivity index (χ4n) is 3.42. The molecule has 0 bridgehead atoms. The number of carboxylic acids is 1. The third kappa shape index (κ3) is 7.12. The van der Waals surface area contributed by atoms with Crippen LogP contribution in [0.15, 0.2) is 53.6 Å². The Morgan fingerprint density at radius 1 is 1.18 bits per heavy atom. The van der Waals surface area contributed by atoms with Gasteiger partial charge in [-0.25, -0.2) is 13.2 Å². The van der Waals surface area contributed by atoms with Crippen LogP contribution in [-0.2, 0) is 24.3 Å². The van der Waals surface area contributed by atoms with Gasteiger partial charge in [-0.2, -0.15) is 4.31 Å². The number of carboxylic acid groups (broad SMARTS) is 1. The summed E-state index contributed by atoms with van der Waals surface area (Å²) < 4.78 is 31.3. The summed E-state index contributed by atoms with van der Waals surface area (Å²) >= 11 is 0. The quantitative estimate of drug-likeness (QED) is 0.309. The molecule has 0 saturated heterocycles. The molecule has 0 unspecified atom stereocenters. The smallest absolute Gasteiger partial charge is 0.408 e. The number of fused-ring (bicyclic) bond motifs is 1. The molecule has 0 fully saturated rings. The molecule has 0 aromatic heterocycles. The number of amides is 2. The van der Waals surface area contributed by atoms with E-state index in [-0.39, 0.29) is 22.9 Å². The number of carbonyl (C=O) groups excluding carboxylic acids is 2. The third-order valence-electron chi connectivity index (χ3n) is 5.05. The molecule has 0 aliphatic carbocycles. The molecule has 2 aromatic carbocycles. The number of benzene rings is 2. The topological polar surface area (TPSA) is 154 Å². The highest BCUT2D eigenvalue weighted by atomic mass is 32.2. The maximum absolute atomic E-state index is 12.7. The van der Waals surface area contributed by atoms with Gasteiger partial charge in [-0.1, -0.05) is 24.0 Å². The summed E-state index contributed by atoms with van der Waals surface area (Å²) in [5.41, 5.74) is 1.68. The van der Waals surface area contributed by atoms with E-state index >= 15 is 0 Å². The molecule has 4 N–H and O–H groups in total. The average molecular weight is 541 g/mol. The van der Waals surface area contributed by atoms with Crippen molar-refractivity contribution in [1.29, 1.82) is 0 Å². The average Bonchev–Trinajstić information content (AvgIpc) is 3.14. The molecule has 1 aliphatic rings. The predicted molar refractivity (Wildman–Crippen MR) is 142 cm³/mol. The summed E-state index contributed by atoms with van der Waals surface area (Å²) in [6.45, 7) is 4.62. The van der Waals surface area contributed by atoms with E-state index in [1.165, 1.54) is 31.4 Å². The van der Waals surface area contributed by atoms with Gasteiger partial charge in [0.15, 0.2) is 0 Å². The molecule has 2 aromatic rings. The normalized spacial score (nSPS) is 13.8. The Hall–Kier alpha value is -4.34. The van der Waals surface area contributed by atoms with Crippen LogP contribution >= 0.6 is 0 Å². The van der Waals surface area contributed by atoms with Crippen molar-refractivity contribution >= 4 is 44.9 Å². The van der Waals surface area contributed by atoms with Crippen LogP contribution < -0.4 is 16.0 Å². The lowest BCUT2D eigenvalue weighted by Crippen LogP contribution is -2.32. The molecule has 12 heteroatoms. The van der Waals surface area contributed by atoms with Crippen molar-refractivity contribution in [1.82, 2.24) is 9.62 Å². The van der Waals surface area contributed by atoms with Gasteiger partial charge in [0, 0.05) is 30.1 Å². The Labute approximate surface area is 220 Å². The van der Waals surface area contributed by atoms with E-state index in [1.807, 2.05) is 0 Å². The number of likely N-dealkylation sites (N-methyl/N-ethyl adjacent to an activating group) is 1. The Morgan fingerprint density at radius 3 is 2.58 bits per heavy atom. The number of sulfonamides is 1. The highest BCUT2D eigenvalue weighted by Crippen LogP contribution is 2.34. The fraction of sp³-hybridized carbons (Fsp3) is 0.269. The number of nitrogens with zero attached hydrogens (tertiary/aromatic N) is 1. The molecular formula is C26H28N4O7S. The van der Waals surface area contributed by atoms with E-state index in [9.17, 15) is 22.8 Å². The zero-order chi connectivity index (χ0) is 28.1. The van der Waals surface area contributed by atoms with Crippen molar-refractivity contribution in [2.45, 2.75) is 31.3 Å². The summed E-state index contributed by atoms with van der Waals surface area (Å²) in [7, 11) is -2.86. The molecule has 0 saturated carbocycles. The van der Waals surface area contributed by atoms with Crippen LogP contribution in [0.4, 0.5) is 16.2 Å². The minimum absolute atomic E-state index is 0.0366. The van der Waals surface area contributed by atoms with Crippen molar-refractivity contribution in [3.05, 3.63) is 59.8 Å². The van der Waals surface area contributed by atoms with Crippen molar-refractivity contribution in [2.24, 2.45) is 0 Å². The highest BCUT2D eigenvalue weighted by molar-refractivity contribution is 7.89. The van der Waals surface area contributed by atoms with E-state index in [0.29, 0.717) is 22.5 Å². The van der Waals surface area contributed by atoms with Gasteiger partial charge < -0.3 is 25.8 Å². The summed E-state index contributed by atoms with van der Waals surface area (Å²) in [5, 5.41) is 17.2. The van der Waals surface area contributed by atoms with Crippen LogP contribution in [0.1, 0.15) is 31.9 Å². The molecular weight excluding hydrogens is 512 g/mol. The first kappa shape index (κ1) is 28.2. The van der Waals surface area contributed by atoms with Crippen LogP contribution in [0, 0.1) is 11.8 Å². The SMILES string of the molecule is CN(CC(=O)O)S(=O)(=O)c1cccc(N/C=C2\C(=O)Nc3cccc(C#CCNC(=O)OC(C)(C)C)c32)c1. The van der Waals surface area contributed by atoms with Gasteiger partial charge in [-0.05, 0) is 51.1 Å². The second kappa shape index (κ2) is 11.4. The van der Waals surface area contributed by atoms with E-state index < -0.39 is 34.2 Å². The fourth-order valence-corrected chi connectivity index (χ4v) is 4.59. The monoisotopic (exact) mass is 540 g/mol. The first-order valence-corrected chi connectivity index (χ1v) is 12.9. The molecule has 38 heavy (non-hydrogen) atoms. The molecule has 11 nitrogen and oxygen atoms in total. The number of aliphatic carboxylic acids is 1. The second-order valence-electron chi connectivity index (χ2n) is 9.22. The Morgan fingerprint density at radius 2 is 1.89 bits per heavy atom. The maximum atomic E-state index is 12.7. The highest BCUT2D eigenvalue weighted by Gasteiger charge is 2.27. The van der Waals surface area contributed by atoms with Gasteiger partial charge in [0.25, 0.3) is 5.91 Å². The number of hydrogen-bond acceptors (Lipinski definition) is 7. The van der Waals surface area contributed by atoms with E-state index in [4.69, 9.17) is 9.84 Å². The molecule has 1 aliphatic heterocycles. The van der Waals surface area contributed by atoms with Gasteiger partial charge in [-0.3, -0.25) is 9.59 Å². The summed E-state index contributed by atoms with van der Waals surface area (Å²) in [5.74, 6) is 4.15. The van der Waals surface area contributed by atoms with Gasteiger partial charge in [-0.15, -0.1) is 0 Å². The summed E-state index contributed by atoms with van der Waals surface area (Å²) in [6.07, 6.45) is 0.850. The minimum Gasteiger partial charge on any atom is -0.480 e. The molecule has 200 valence electrons. The van der Waals surface area contributed by atoms with Crippen molar-refractivity contribution in [3.8, 4) is 11.8 Å². The number of hydrogen-bond donors (Lipinski definition) is 4. The van der Waals surface area contributed by atoms with Gasteiger partial charge >= 0.3 is 12.1 Å². The van der Waals surface area contributed by atoms with Crippen LogP contribution in [0.3, 0.4) is 0 Å². The molecule has 0 atom stereocenters. The summed E-state index contributed by atoms with van der Waals surface area (Å²) in [6, 6.07) is 11.0. The lowest BCUT2D eigenvalue weighted by Gasteiger charge is -2.19. The standard InChI is InChI=1S/C26H28N4O7S/c1-26(2,3)37-25(34)27-13-7-9-17-8-5-12-21-23(17)20(24(33)29-21)15-28-18-10-6-11-19(14-18)38(35,36)30(4)16-22(31)32/h5-6,8,10-12,14-15,28H,13,16H2,1-4H3,(H,27,34)(H,29,33)(H,31,32)/b20-15-. The first-order valence-electron chi connectivity index (χ1n) is 11.4. The number of carbonyl (C=O) groups is 3. The molecule has 2 amide bonds. The van der Waals surface area contributed by atoms with Crippen LogP contribution in [0.25, 0.3) is 5.57 Å². The van der Waals surface area contributed by atoms with Crippen molar-refractivity contribution in [2.75, 3.05) is 30.8 Å². The molecule has 3 rings (SSSR count).